The minimum atomic E-state index is -0.199. The van der Waals surface area contributed by atoms with Crippen LogP contribution >= 0.6 is 0 Å². The Hall–Kier alpha value is -4.84. The van der Waals surface area contributed by atoms with Crippen LogP contribution in [0.5, 0.6) is 0 Å². The van der Waals surface area contributed by atoms with E-state index in [1.807, 2.05) is 97.9 Å². The Labute approximate surface area is 220 Å². The summed E-state index contributed by atoms with van der Waals surface area (Å²) in [7, 11) is 0. The van der Waals surface area contributed by atoms with E-state index in [2.05, 4.69) is 10.3 Å². The van der Waals surface area contributed by atoms with Crippen LogP contribution < -0.4 is 5.32 Å². The molecule has 0 unspecified atom stereocenters. The Morgan fingerprint density at radius 2 is 1.63 bits per heavy atom. The van der Waals surface area contributed by atoms with Crippen molar-refractivity contribution < 1.29 is 9.59 Å². The van der Waals surface area contributed by atoms with Crippen molar-refractivity contribution in [3.05, 3.63) is 114 Å². The topological polar surface area (TPSA) is 76.9 Å². The molecule has 3 heterocycles. The molecule has 6 heteroatoms. The Bertz CT molecular complexity index is 1700. The predicted molar refractivity (Wildman–Crippen MR) is 149 cm³/mol. The molecule has 5 aromatic rings. The first-order valence-corrected chi connectivity index (χ1v) is 12.8. The second-order valence-electron chi connectivity index (χ2n) is 9.32. The van der Waals surface area contributed by atoms with Gasteiger partial charge in [0, 0.05) is 42.1 Å². The normalized spacial score (nSPS) is 13.0. The van der Waals surface area contributed by atoms with Crippen LogP contribution in [0.4, 0.5) is 0 Å². The molecule has 186 valence electrons. The second kappa shape index (κ2) is 9.90. The fraction of sp³-hybridized carbons (Fsp3) is 0.125. The fourth-order valence-electron chi connectivity index (χ4n) is 5.08. The molecule has 1 amide bonds. The van der Waals surface area contributed by atoms with E-state index >= 15 is 0 Å². The maximum Gasteiger partial charge on any atom is 0.279 e. The van der Waals surface area contributed by atoms with Crippen LogP contribution in [0, 0.1) is 0 Å². The van der Waals surface area contributed by atoms with Crippen molar-refractivity contribution in [1.29, 1.82) is 0 Å². The zero-order valence-electron chi connectivity index (χ0n) is 21.0. The molecule has 6 rings (SSSR count). The molecule has 6 nitrogen and oxygen atoms in total. The van der Waals surface area contributed by atoms with Crippen molar-refractivity contribution in [1.82, 2.24) is 20.1 Å². The number of allylic oxidation sites excluding steroid dienone is 1. The molecule has 3 aromatic carbocycles. The number of carbonyl (C=O) groups excluding carboxylic acids is 2. The van der Waals surface area contributed by atoms with Crippen molar-refractivity contribution in [3.63, 3.8) is 0 Å². The number of benzene rings is 3. The lowest BCUT2D eigenvalue weighted by Crippen LogP contribution is -2.31. The van der Waals surface area contributed by atoms with Gasteiger partial charge in [-0.3, -0.25) is 14.6 Å². The summed E-state index contributed by atoms with van der Waals surface area (Å²) in [5, 5.41) is 8.84. The molecule has 0 aliphatic carbocycles. The van der Waals surface area contributed by atoms with E-state index in [4.69, 9.17) is 5.10 Å². The molecule has 0 bridgehead atoms. The summed E-state index contributed by atoms with van der Waals surface area (Å²) in [4.78, 5) is 30.9. The van der Waals surface area contributed by atoms with Crippen molar-refractivity contribution in [2.75, 3.05) is 6.54 Å². The van der Waals surface area contributed by atoms with Crippen LogP contribution in [-0.4, -0.2) is 33.1 Å². The predicted octanol–water partition coefficient (Wildman–Crippen LogP) is 5.94. The average molecular weight is 499 g/mol. The molecule has 0 spiro atoms. The monoisotopic (exact) mass is 498 g/mol. The number of nitrogens with zero attached hydrogens (tertiary/aromatic N) is 3. The van der Waals surface area contributed by atoms with E-state index in [1.165, 1.54) is 0 Å². The zero-order valence-corrected chi connectivity index (χ0v) is 21.0. The number of hydrogen-bond donors (Lipinski definition) is 1. The Morgan fingerprint density at radius 1 is 0.895 bits per heavy atom. The van der Waals surface area contributed by atoms with E-state index in [-0.39, 0.29) is 11.8 Å². The molecule has 1 aliphatic rings. The number of carbonyl (C=O) groups is 2. The first-order chi connectivity index (χ1) is 18.6. The molecule has 1 aliphatic heterocycles. The number of rotatable bonds is 6. The Kier molecular flexibility index (Phi) is 6.14. The van der Waals surface area contributed by atoms with Crippen LogP contribution in [0.1, 0.15) is 29.4 Å². The smallest absolute Gasteiger partial charge is 0.279 e. The number of aromatic nitrogens is 3. The average Bonchev–Trinajstić information content (AvgIpc) is 3.36. The van der Waals surface area contributed by atoms with Gasteiger partial charge in [0.1, 0.15) is 5.69 Å². The van der Waals surface area contributed by atoms with E-state index in [0.29, 0.717) is 25.0 Å². The number of fused-ring (bicyclic) bond motifs is 2. The number of amides is 1. The van der Waals surface area contributed by atoms with Crippen molar-refractivity contribution >= 4 is 28.3 Å². The van der Waals surface area contributed by atoms with E-state index in [9.17, 15) is 9.59 Å². The summed E-state index contributed by atoms with van der Waals surface area (Å²) < 4.78 is 1.55. The largest absolute Gasteiger partial charge is 0.352 e. The van der Waals surface area contributed by atoms with Gasteiger partial charge in [-0.2, -0.15) is 9.78 Å². The molecule has 0 saturated heterocycles. The summed E-state index contributed by atoms with van der Waals surface area (Å²) in [5.41, 5.74) is 7.56. The number of nitrogens with one attached hydrogen (secondary N) is 1. The van der Waals surface area contributed by atoms with Crippen LogP contribution in [-0.2, 0) is 11.2 Å². The maximum absolute atomic E-state index is 14.2. The third kappa shape index (κ3) is 4.20. The third-order valence-electron chi connectivity index (χ3n) is 6.94. The highest BCUT2D eigenvalue weighted by atomic mass is 16.2. The van der Waals surface area contributed by atoms with Gasteiger partial charge in [-0.25, -0.2) is 0 Å². The Morgan fingerprint density at radius 3 is 2.37 bits per heavy atom. The van der Waals surface area contributed by atoms with Gasteiger partial charge in [0.15, 0.2) is 0 Å². The highest BCUT2D eigenvalue weighted by Gasteiger charge is 2.33. The van der Waals surface area contributed by atoms with Gasteiger partial charge >= 0.3 is 0 Å². The van der Waals surface area contributed by atoms with Gasteiger partial charge < -0.3 is 5.32 Å². The summed E-state index contributed by atoms with van der Waals surface area (Å²) >= 11 is 0. The van der Waals surface area contributed by atoms with Crippen LogP contribution in [0.25, 0.3) is 38.9 Å². The minimum absolute atomic E-state index is 0.0562. The lowest BCUT2D eigenvalue weighted by Gasteiger charge is -2.22. The summed E-state index contributed by atoms with van der Waals surface area (Å²) in [6.07, 6.45) is 2.62. The van der Waals surface area contributed by atoms with Crippen LogP contribution in [0.2, 0.25) is 0 Å². The molecule has 0 saturated carbocycles. The quantitative estimate of drug-likeness (QED) is 0.314. The summed E-state index contributed by atoms with van der Waals surface area (Å²) in [6, 6.07) is 29.7. The van der Waals surface area contributed by atoms with E-state index in [1.54, 1.807) is 10.9 Å². The van der Waals surface area contributed by atoms with Gasteiger partial charge in [0.05, 0.1) is 16.8 Å². The standard InChI is InChI=1S/C32H26N4O2/c1-2-28(37)34-20-25-19-27-30(21-10-5-3-6-11-21)31(22-12-7-4-8-13-22)35-36(27)32(38)29(25)24-15-16-26-23(18-24)14-9-17-33-26/h3-18H,2,19-20H2,1H3,(H,34,37). The SMILES string of the molecule is CCC(=O)NCC1=C(c2ccc3ncccc3c2)C(=O)n2nc(-c3ccccc3)c(-c3ccccc3)c2C1. The minimum Gasteiger partial charge on any atom is -0.352 e. The molecule has 2 aromatic heterocycles. The zero-order chi connectivity index (χ0) is 26.1. The lowest BCUT2D eigenvalue weighted by molar-refractivity contribution is -0.120. The van der Waals surface area contributed by atoms with Crippen molar-refractivity contribution in [3.8, 4) is 22.4 Å². The highest BCUT2D eigenvalue weighted by Crippen LogP contribution is 2.40. The van der Waals surface area contributed by atoms with Gasteiger partial charge in [-0.05, 0) is 34.9 Å². The van der Waals surface area contributed by atoms with Crippen LogP contribution in [0.3, 0.4) is 0 Å². The molecule has 38 heavy (non-hydrogen) atoms. The first kappa shape index (κ1) is 23.6. The van der Waals surface area contributed by atoms with Crippen LogP contribution in [0.15, 0.2) is 103 Å². The summed E-state index contributed by atoms with van der Waals surface area (Å²) in [5.74, 6) is -0.256. The lowest BCUT2D eigenvalue weighted by atomic mass is 9.89. The van der Waals surface area contributed by atoms with E-state index in [0.717, 1.165) is 50.1 Å². The highest BCUT2D eigenvalue weighted by molar-refractivity contribution is 6.23. The maximum atomic E-state index is 14.2. The number of hydrogen-bond acceptors (Lipinski definition) is 4. The second-order valence-corrected chi connectivity index (χ2v) is 9.32. The first-order valence-electron chi connectivity index (χ1n) is 12.8. The van der Waals surface area contributed by atoms with Gasteiger partial charge in [0.2, 0.25) is 5.91 Å². The van der Waals surface area contributed by atoms with Crippen molar-refractivity contribution in [2.45, 2.75) is 19.8 Å². The van der Waals surface area contributed by atoms with Crippen molar-refractivity contribution in [2.24, 2.45) is 0 Å². The summed E-state index contributed by atoms with van der Waals surface area (Å²) in [6.45, 7) is 2.11. The number of pyridine rings is 1. The van der Waals surface area contributed by atoms with E-state index < -0.39 is 0 Å². The molecular formula is C32H26N4O2. The van der Waals surface area contributed by atoms with Gasteiger partial charge in [0.25, 0.3) is 5.91 Å². The third-order valence-corrected chi connectivity index (χ3v) is 6.94. The molecule has 0 radical (unpaired) electrons. The van der Waals surface area contributed by atoms with Gasteiger partial charge in [-0.15, -0.1) is 0 Å². The molecular weight excluding hydrogens is 472 g/mol. The fourth-order valence-corrected chi connectivity index (χ4v) is 5.08. The molecule has 0 fully saturated rings. The molecule has 0 atom stereocenters. The Balaban J connectivity index is 1.55. The molecule has 1 N–H and O–H groups in total. The van der Waals surface area contributed by atoms with Gasteiger partial charge in [-0.1, -0.05) is 79.7 Å².